The molecule has 1 aliphatic carbocycles. The zero-order chi connectivity index (χ0) is 24.5. The van der Waals surface area contributed by atoms with Gasteiger partial charge in [-0.25, -0.2) is 4.98 Å². The standard InChI is InChI=1S/C25H21BrClN3O3S2/c1-33-19-11-8-15(12-18(19)27)28-21(31)13-34-25-29-23-22(17-4-2-3-5-20(17)35-23)24(32)30(25)16-9-6-14(26)7-10-16/h6-12H,2-5,13H2,1H3,(H,28,31). The molecule has 4 aromatic rings. The normalized spacial score (nSPS) is 13.0. The number of carbonyl (C=O) groups is 1. The summed E-state index contributed by atoms with van der Waals surface area (Å²) in [5, 5.41) is 4.47. The van der Waals surface area contributed by atoms with Crippen LogP contribution in [0.15, 0.2) is 56.9 Å². The van der Waals surface area contributed by atoms with E-state index in [1.165, 1.54) is 23.7 Å². The zero-order valence-electron chi connectivity index (χ0n) is 18.8. The quantitative estimate of drug-likeness (QED) is 0.206. The Kier molecular flexibility index (Phi) is 7.20. The summed E-state index contributed by atoms with van der Waals surface area (Å²) in [6, 6.07) is 12.6. The lowest BCUT2D eigenvalue weighted by molar-refractivity contribution is -0.113. The Labute approximate surface area is 223 Å². The van der Waals surface area contributed by atoms with Crippen molar-refractivity contribution in [1.29, 1.82) is 0 Å². The number of thioether (sulfide) groups is 1. The highest BCUT2D eigenvalue weighted by Gasteiger charge is 2.23. The van der Waals surface area contributed by atoms with Gasteiger partial charge in [-0.05, 0) is 73.7 Å². The largest absolute Gasteiger partial charge is 0.495 e. The highest BCUT2D eigenvalue weighted by molar-refractivity contribution is 9.10. The molecule has 0 radical (unpaired) electrons. The number of aromatic nitrogens is 2. The minimum Gasteiger partial charge on any atom is -0.495 e. The van der Waals surface area contributed by atoms with E-state index in [1.54, 1.807) is 34.1 Å². The second-order valence-electron chi connectivity index (χ2n) is 8.09. The number of carbonyl (C=O) groups excluding carboxylic acids is 1. The van der Waals surface area contributed by atoms with Gasteiger partial charge in [0, 0.05) is 15.0 Å². The first-order valence-electron chi connectivity index (χ1n) is 11.0. The Morgan fingerprint density at radius 3 is 2.74 bits per heavy atom. The number of hydrogen-bond donors (Lipinski definition) is 1. The smallest absolute Gasteiger partial charge is 0.267 e. The number of aryl methyl sites for hydroxylation is 2. The third kappa shape index (κ3) is 5.00. The molecule has 0 spiro atoms. The number of nitrogens with one attached hydrogen (secondary N) is 1. The predicted octanol–water partition coefficient (Wildman–Crippen LogP) is 6.48. The van der Waals surface area contributed by atoms with E-state index in [2.05, 4.69) is 21.2 Å². The van der Waals surface area contributed by atoms with Crippen molar-refractivity contribution < 1.29 is 9.53 Å². The fraction of sp³-hybridized carbons (Fsp3) is 0.240. The molecule has 180 valence electrons. The molecule has 10 heteroatoms. The zero-order valence-corrected chi connectivity index (χ0v) is 22.7. The topological polar surface area (TPSA) is 73.2 Å². The SMILES string of the molecule is COc1ccc(NC(=O)CSc2nc3sc4c(c3c(=O)n2-c2ccc(Br)cc2)CCCC4)cc1Cl. The molecule has 35 heavy (non-hydrogen) atoms. The lowest BCUT2D eigenvalue weighted by atomic mass is 9.97. The number of benzene rings is 2. The van der Waals surface area contributed by atoms with E-state index in [1.807, 2.05) is 24.3 Å². The molecule has 2 aromatic carbocycles. The molecule has 1 N–H and O–H groups in total. The Morgan fingerprint density at radius 1 is 1.23 bits per heavy atom. The summed E-state index contributed by atoms with van der Waals surface area (Å²) in [7, 11) is 1.54. The first kappa shape index (κ1) is 24.4. The monoisotopic (exact) mass is 589 g/mol. The van der Waals surface area contributed by atoms with Crippen molar-refractivity contribution in [3.8, 4) is 11.4 Å². The summed E-state index contributed by atoms with van der Waals surface area (Å²) in [5.41, 5.74) is 2.35. The van der Waals surface area contributed by atoms with Crippen LogP contribution < -0.4 is 15.6 Å². The van der Waals surface area contributed by atoms with Crippen molar-refractivity contribution in [1.82, 2.24) is 9.55 Å². The third-order valence-corrected chi connectivity index (χ3v) is 8.76. The van der Waals surface area contributed by atoms with Crippen molar-refractivity contribution in [3.05, 3.63) is 72.8 Å². The molecular weight excluding hydrogens is 570 g/mol. The van der Waals surface area contributed by atoms with Crippen LogP contribution in [0.5, 0.6) is 5.75 Å². The molecule has 1 aliphatic rings. The summed E-state index contributed by atoms with van der Waals surface area (Å²) in [6.45, 7) is 0. The lowest BCUT2D eigenvalue weighted by Gasteiger charge is -2.14. The van der Waals surface area contributed by atoms with Gasteiger partial charge in [-0.15, -0.1) is 11.3 Å². The fourth-order valence-electron chi connectivity index (χ4n) is 4.17. The number of hydrogen-bond acceptors (Lipinski definition) is 6. The maximum Gasteiger partial charge on any atom is 0.267 e. The average Bonchev–Trinajstić information content (AvgIpc) is 3.22. The van der Waals surface area contributed by atoms with E-state index < -0.39 is 0 Å². The Morgan fingerprint density at radius 2 is 2.00 bits per heavy atom. The maximum absolute atomic E-state index is 13.8. The fourth-order valence-corrected chi connectivity index (χ4v) is 6.81. The number of anilines is 1. The Bertz CT molecular complexity index is 1480. The van der Waals surface area contributed by atoms with Gasteiger partial charge in [0.1, 0.15) is 10.6 Å². The van der Waals surface area contributed by atoms with Gasteiger partial charge in [0.05, 0.1) is 29.0 Å². The first-order chi connectivity index (χ1) is 16.9. The number of halogens is 2. The van der Waals surface area contributed by atoms with Crippen molar-refractivity contribution in [3.63, 3.8) is 0 Å². The molecule has 0 saturated heterocycles. The number of fused-ring (bicyclic) bond motifs is 3. The number of ether oxygens (including phenoxy) is 1. The first-order valence-corrected chi connectivity index (χ1v) is 14.0. The van der Waals surface area contributed by atoms with Crippen molar-refractivity contribution in [2.75, 3.05) is 18.2 Å². The molecule has 0 fully saturated rings. The van der Waals surface area contributed by atoms with Gasteiger partial charge < -0.3 is 10.1 Å². The Balaban J connectivity index is 1.48. The highest BCUT2D eigenvalue weighted by atomic mass is 79.9. The van der Waals surface area contributed by atoms with Crippen LogP contribution in [0.4, 0.5) is 5.69 Å². The summed E-state index contributed by atoms with van der Waals surface area (Å²) in [5.74, 6) is 0.399. The molecule has 6 nitrogen and oxygen atoms in total. The van der Waals surface area contributed by atoms with Crippen LogP contribution in [0.3, 0.4) is 0 Å². The lowest BCUT2D eigenvalue weighted by Crippen LogP contribution is -2.23. The highest BCUT2D eigenvalue weighted by Crippen LogP contribution is 2.35. The van der Waals surface area contributed by atoms with E-state index in [9.17, 15) is 9.59 Å². The van der Waals surface area contributed by atoms with Crippen LogP contribution in [0.2, 0.25) is 5.02 Å². The van der Waals surface area contributed by atoms with Crippen LogP contribution in [0.1, 0.15) is 23.3 Å². The van der Waals surface area contributed by atoms with Crippen LogP contribution in [-0.2, 0) is 17.6 Å². The van der Waals surface area contributed by atoms with Gasteiger partial charge in [0.15, 0.2) is 5.16 Å². The summed E-state index contributed by atoms with van der Waals surface area (Å²) >= 11 is 12.5. The molecule has 1 amide bonds. The summed E-state index contributed by atoms with van der Waals surface area (Å²) < 4.78 is 7.70. The van der Waals surface area contributed by atoms with E-state index >= 15 is 0 Å². The molecule has 0 saturated carbocycles. The van der Waals surface area contributed by atoms with Gasteiger partial charge in [0.2, 0.25) is 5.91 Å². The molecule has 0 aliphatic heterocycles. The number of methoxy groups -OCH3 is 1. The number of rotatable bonds is 6. The molecule has 2 heterocycles. The number of nitrogens with zero attached hydrogens (tertiary/aromatic N) is 2. The van der Waals surface area contributed by atoms with Gasteiger partial charge in [0.25, 0.3) is 5.56 Å². The summed E-state index contributed by atoms with van der Waals surface area (Å²) in [6.07, 6.45) is 4.12. The van der Waals surface area contributed by atoms with E-state index in [0.717, 1.165) is 40.5 Å². The molecule has 0 atom stereocenters. The number of amides is 1. The maximum atomic E-state index is 13.8. The van der Waals surface area contributed by atoms with E-state index in [0.29, 0.717) is 32.7 Å². The van der Waals surface area contributed by atoms with E-state index in [-0.39, 0.29) is 17.2 Å². The molecular formula is C25H21BrClN3O3S2. The van der Waals surface area contributed by atoms with E-state index in [4.69, 9.17) is 21.3 Å². The third-order valence-electron chi connectivity index (χ3n) is 5.81. The van der Waals surface area contributed by atoms with Crippen molar-refractivity contribution in [2.24, 2.45) is 0 Å². The molecule has 0 unspecified atom stereocenters. The van der Waals surface area contributed by atoms with Crippen LogP contribution >= 0.6 is 50.6 Å². The van der Waals surface area contributed by atoms with Gasteiger partial charge in [-0.2, -0.15) is 0 Å². The second-order valence-corrected chi connectivity index (χ2v) is 11.4. The molecule has 5 rings (SSSR count). The molecule has 2 aromatic heterocycles. The van der Waals surface area contributed by atoms with Crippen molar-refractivity contribution in [2.45, 2.75) is 30.8 Å². The van der Waals surface area contributed by atoms with Crippen LogP contribution in [-0.4, -0.2) is 28.3 Å². The number of thiophene rings is 1. The van der Waals surface area contributed by atoms with Crippen LogP contribution in [0.25, 0.3) is 15.9 Å². The van der Waals surface area contributed by atoms with Crippen molar-refractivity contribution >= 4 is 72.4 Å². The van der Waals surface area contributed by atoms with Gasteiger partial charge in [-0.1, -0.05) is 39.3 Å². The Hall–Kier alpha value is -2.33. The predicted molar refractivity (Wildman–Crippen MR) is 147 cm³/mol. The minimum atomic E-state index is -0.224. The second kappa shape index (κ2) is 10.3. The van der Waals surface area contributed by atoms with Gasteiger partial charge in [-0.3, -0.25) is 14.2 Å². The van der Waals surface area contributed by atoms with Gasteiger partial charge >= 0.3 is 0 Å². The van der Waals surface area contributed by atoms with Crippen LogP contribution in [0, 0.1) is 0 Å². The minimum absolute atomic E-state index is 0.0819. The average molecular weight is 591 g/mol. The summed E-state index contributed by atoms with van der Waals surface area (Å²) in [4.78, 5) is 33.4. The molecule has 0 bridgehead atoms.